The Morgan fingerprint density at radius 3 is 2.21 bits per heavy atom. The molecule has 1 fully saturated rings. The zero-order valence-electron chi connectivity index (χ0n) is 15.8. The lowest BCUT2D eigenvalue weighted by atomic mass is 10.1. The van der Waals surface area contributed by atoms with Gasteiger partial charge in [-0.2, -0.15) is 0 Å². The molecule has 7 nitrogen and oxygen atoms in total. The van der Waals surface area contributed by atoms with E-state index in [4.69, 9.17) is 26.4 Å². The van der Waals surface area contributed by atoms with Gasteiger partial charge in [-0.25, -0.2) is 0 Å². The molecule has 1 aliphatic rings. The van der Waals surface area contributed by atoms with Gasteiger partial charge in [0, 0.05) is 4.47 Å². The van der Waals surface area contributed by atoms with Crippen LogP contribution in [0.15, 0.2) is 46.4 Å². The summed E-state index contributed by atoms with van der Waals surface area (Å²) in [6, 6.07) is 10.1. The lowest BCUT2D eigenvalue weighted by Gasteiger charge is -2.29. The second-order valence-corrected chi connectivity index (χ2v) is 7.13. The number of nitrogens with one attached hydrogen (secondary N) is 1. The second kappa shape index (κ2) is 8.62. The number of rotatable bonds is 5. The number of amides is 2. The molecule has 29 heavy (non-hydrogen) atoms. The van der Waals surface area contributed by atoms with Crippen LogP contribution in [-0.4, -0.2) is 38.3 Å². The highest BCUT2D eigenvalue weighted by Crippen LogP contribution is 2.35. The monoisotopic (exact) mass is 476 g/mol. The summed E-state index contributed by atoms with van der Waals surface area (Å²) in [6.07, 6.45) is 1.47. The lowest BCUT2D eigenvalue weighted by Crippen LogP contribution is -2.54. The number of nitrogens with zero attached hydrogens (tertiary/aromatic N) is 1. The van der Waals surface area contributed by atoms with Gasteiger partial charge in [0.1, 0.15) is 11.3 Å². The van der Waals surface area contributed by atoms with E-state index in [2.05, 4.69) is 21.2 Å². The first-order chi connectivity index (χ1) is 13.9. The first kappa shape index (κ1) is 20.8. The van der Waals surface area contributed by atoms with Crippen molar-refractivity contribution >= 4 is 56.8 Å². The average Bonchev–Trinajstić information content (AvgIpc) is 2.72. The summed E-state index contributed by atoms with van der Waals surface area (Å²) >= 11 is 8.64. The quantitative estimate of drug-likeness (QED) is 0.405. The van der Waals surface area contributed by atoms with E-state index in [-0.39, 0.29) is 10.7 Å². The van der Waals surface area contributed by atoms with Gasteiger partial charge >= 0.3 is 0 Å². The third-order valence-corrected chi connectivity index (χ3v) is 5.21. The van der Waals surface area contributed by atoms with Crippen molar-refractivity contribution < 1.29 is 23.8 Å². The molecule has 3 rings (SSSR count). The molecule has 1 heterocycles. The Kier molecular flexibility index (Phi) is 6.19. The summed E-state index contributed by atoms with van der Waals surface area (Å²) in [6.45, 7) is 0. The van der Waals surface area contributed by atoms with E-state index in [1.54, 1.807) is 43.5 Å². The molecule has 0 unspecified atom stereocenters. The van der Waals surface area contributed by atoms with Gasteiger partial charge in [-0.15, -0.1) is 0 Å². The second-order valence-electron chi connectivity index (χ2n) is 5.88. The van der Waals surface area contributed by atoms with Gasteiger partial charge in [0.2, 0.25) is 0 Å². The van der Waals surface area contributed by atoms with Crippen LogP contribution in [0.5, 0.6) is 17.2 Å². The smallest absolute Gasteiger partial charge is 0.270 e. The Bertz CT molecular complexity index is 1020. The minimum atomic E-state index is -0.577. The summed E-state index contributed by atoms with van der Waals surface area (Å²) in [5.41, 5.74) is 1.02. The average molecular weight is 477 g/mol. The van der Waals surface area contributed by atoms with Crippen LogP contribution in [0.25, 0.3) is 6.08 Å². The largest absolute Gasteiger partial charge is 0.497 e. The van der Waals surface area contributed by atoms with Gasteiger partial charge in [-0.05, 0) is 60.3 Å². The molecular formula is C20H17BrN2O5S. The van der Waals surface area contributed by atoms with Crippen molar-refractivity contribution in [1.82, 2.24) is 5.32 Å². The first-order valence-corrected chi connectivity index (χ1v) is 9.56. The molecule has 2 amide bonds. The maximum absolute atomic E-state index is 13.1. The predicted molar refractivity (Wildman–Crippen MR) is 116 cm³/mol. The molecule has 150 valence electrons. The molecule has 0 saturated carbocycles. The van der Waals surface area contributed by atoms with Crippen LogP contribution in [0.3, 0.4) is 0 Å². The fraction of sp³-hybridized carbons (Fsp3) is 0.150. The number of methoxy groups -OCH3 is 3. The number of carbonyl (C=O) groups excluding carboxylic acids is 2. The Hall–Kier alpha value is -2.91. The highest BCUT2D eigenvalue weighted by Gasteiger charge is 2.34. The van der Waals surface area contributed by atoms with Crippen molar-refractivity contribution in [3.8, 4) is 17.2 Å². The summed E-state index contributed by atoms with van der Waals surface area (Å²) in [7, 11) is 4.58. The minimum Gasteiger partial charge on any atom is -0.497 e. The number of hydrogen-bond acceptors (Lipinski definition) is 6. The molecule has 1 saturated heterocycles. The fourth-order valence-corrected chi connectivity index (χ4v) is 3.48. The molecule has 0 aliphatic carbocycles. The summed E-state index contributed by atoms with van der Waals surface area (Å²) in [4.78, 5) is 26.8. The Balaban J connectivity index is 2.03. The molecule has 1 N–H and O–H groups in total. The van der Waals surface area contributed by atoms with Crippen LogP contribution in [0.2, 0.25) is 0 Å². The van der Waals surface area contributed by atoms with Gasteiger partial charge in [0.15, 0.2) is 16.6 Å². The van der Waals surface area contributed by atoms with Crippen molar-refractivity contribution in [1.29, 1.82) is 0 Å². The molecule has 0 spiro atoms. The standard InChI is InChI=1S/C20H17BrN2O5S/c1-26-13-6-4-12(5-7-13)23-19(25)14(18(24)22-20(23)29)8-11-9-16(27-2)17(28-3)10-15(11)21/h4-10H,1-3H3,(H,22,24,29)/b14-8+. The lowest BCUT2D eigenvalue weighted by molar-refractivity contribution is -0.122. The van der Waals surface area contributed by atoms with Crippen molar-refractivity contribution in [3.63, 3.8) is 0 Å². The highest BCUT2D eigenvalue weighted by atomic mass is 79.9. The first-order valence-electron chi connectivity index (χ1n) is 8.36. The van der Waals surface area contributed by atoms with Crippen molar-refractivity contribution in [3.05, 3.63) is 52.0 Å². The number of hydrogen-bond donors (Lipinski definition) is 1. The van der Waals surface area contributed by atoms with Gasteiger partial charge in [0.05, 0.1) is 27.0 Å². The zero-order chi connectivity index (χ0) is 21.1. The molecule has 0 atom stereocenters. The molecule has 0 aromatic heterocycles. The molecule has 2 aromatic rings. The van der Waals surface area contributed by atoms with Gasteiger partial charge in [0.25, 0.3) is 11.8 Å². The Morgan fingerprint density at radius 2 is 1.62 bits per heavy atom. The van der Waals surface area contributed by atoms with Crippen LogP contribution in [0.4, 0.5) is 5.69 Å². The van der Waals surface area contributed by atoms with Crippen LogP contribution in [-0.2, 0) is 9.59 Å². The van der Waals surface area contributed by atoms with Crippen LogP contribution < -0.4 is 24.4 Å². The van der Waals surface area contributed by atoms with E-state index in [0.29, 0.717) is 33.0 Å². The van der Waals surface area contributed by atoms with Gasteiger partial charge in [-0.1, -0.05) is 15.9 Å². The van der Waals surface area contributed by atoms with E-state index in [9.17, 15) is 9.59 Å². The van der Waals surface area contributed by atoms with Crippen LogP contribution >= 0.6 is 28.1 Å². The third kappa shape index (κ3) is 4.10. The number of ether oxygens (including phenoxy) is 3. The zero-order valence-corrected chi connectivity index (χ0v) is 18.2. The summed E-state index contributed by atoms with van der Waals surface area (Å²) < 4.78 is 16.3. The number of benzene rings is 2. The summed E-state index contributed by atoms with van der Waals surface area (Å²) in [5, 5.41) is 2.56. The number of carbonyl (C=O) groups is 2. The van der Waals surface area contributed by atoms with Gasteiger partial charge in [-0.3, -0.25) is 19.8 Å². The normalized spacial score (nSPS) is 15.4. The van der Waals surface area contributed by atoms with E-state index >= 15 is 0 Å². The maximum Gasteiger partial charge on any atom is 0.270 e. The molecule has 9 heteroatoms. The molecule has 2 aromatic carbocycles. The highest BCUT2D eigenvalue weighted by molar-refractivity contribution is 9.10. The maximum atomic E-state index is 13.1. The molecule has 1 aliphatic heterocycles. The topological polar surface area (TPSA) is 77.1 Å². The third-order valence-electron chi connectivity index (χ3n) is 4.24. The predicted octanol–water partition coefficient (Wildman–Crippen LogP) is 3.31. The molecule has 0 bridgehead atoms. The fourth-order valence-electron chi connectivity index (χ4n) is 2.76. The van der Waals surface area contributed by atoms with Crippen molar-refractivity contribution in [2.24, 2.45) is 0 Å². The Morgan fingerprint density at radius 1 is 1.00 bits per heavy atom. The minimum absolute atomic E-state index is 0.00805. The van der Waals surface area contributed by atoms with Crippen molar-refractivity contribution in [2.45, 2.75) is 0 Å². The van der Waals surface area contributed by atoms with E-state index in [1.807, 2.05) is 0 Å². The number of halogens is 1. The Labute approximate surface area is 181 Å². The number of thiocarbonyl (C=S) groups is 1. The van der Waals surface area contributed by atoms with E-state index in [1.165, 1.54) is 25.2 Å². The SMILES string of the molecule is COc1ccc(N2C(=O)/C(=C/c3cc(OC)c(OC)cc3Br)C(=O)NC2=S)cc1. The van der Waals surface area contributed by atoms with Gasteiger partial charge < -0.3 is 14.2 Å². The number of anilines is 1. The van der Waals surface area contributed by atoms with Crippen LogP contribution in [0, 0.1) is 0 Å². The van der Waals surface area contributed by atoms with E-state index < -0.39 is 11.8 Å². The summed E-state index contributed by atoms with van der Waals surface area (Å²) in [5.74, 6) is 0.506. The van der Waals surface area contributed by atoms with E-state index in [0.717, 1.165) is 0 Å². The van der Waals surface area contributed by atoms with Crippen LogP contribution in [0.1, 0.15) is 5.56 Å². The molecule has 0 radical (unpaired) electrons. The molecular weight excluding hydrogens is 460 g/mol. The van der Waals surface area contributed by atoms with Crippen molar-refractivity contribution in [2.75, 3.05) is 26.2 Å².